The van der Waals surface area contributed by atoms with Gasteiger partial charge < -0.3 is 20.3 Å². The van der Waals surface area contributed by atoms with Crippen molar-refractivity contribution in [1.82, 2.24) is 25.3 Å². The van der Waals surface area contributed by atoms with Crippen LogP contribution in [0.15, 0.2) is 4.99 Å². The van der Waals surface area contributed by atoms with E-state index in [0.29, 0.717) is 6.04 Å². The number of morpholine rings is 1. The molecule has 26 heavy (non-hydrogen) atoms. The Bertz CT molecular complexity index is 428. The van der Waals surface area contributed by atoms with Gasteiger partial charge in [0.25, 0.3) is 0 Å². The minimum Gasteiger partial charge on any atom is -0.379 e. The maximum absolute atomic E-state index is 5.47. The average molecular weight is 369 g/mol. The molecule has 2 N–H and O–H groups in total. The van der Waals surface area contributed by atoms with Gasteiger partial charge in [-0.15, -0.1) is 0 Å². The van der Waals surface area contributed by atoms with Gasteiger partial charge in [0, 0.05) is 71.0 Å². The number of ether oxygens (including phenoxy) is 1. The smallest absolute Gasteiger partial charge is 0.191 e. The van der Waals surface area contributed by atoms with E-state index in [4.69, 9.17) is 4.74 Å². The lowest BCUT2D eigenvalue weighted by molar-refractivity contribution is -0.00834. The van der Waals surface area contributed by atoms with Crippen molar-refractivity contribution in [2.45, 2.75) is 39.3 Å². The van der Waals surface area contributed by atoms with E-state index in [9.17, 15) is 0 Å². The number of piperazine rings is 1. The number of likely N-dealkylation sites (N-methyl/N-ethyl adjacent to an activating group) is 1. The zero-order valence-corrected chi connectivity index (χ0v) is 17.6. The molecule has 0 aliphatic carbocycles. The fourth-order valence-corrected chi connectivity index (χ4v) is 3.69. The molecule has 7 heteroatoms. The first kappa shape index (κ1) is 21.4. The standard InChI is InChI=1S/C19H40N6O/c1-6-23-7-9-24(10-8-23)17(2)15-21-18(20-5)22-16-19(3,4)25-11-13-26-14-12-25/h17H,6-16H2,1-5H3,(H2,20,21,22). The van der Waals surface area contributed by atoms with Crippen LogP contribution in [-0.4, -0.2) is 111 Å². The molecule has 0 aromatic carbocycles. The van der Waals surface area contributed by atoms with Crippen molar-refractivity contribution in [3.8, 4) is 0 Å². The number of hydrogen-bond donors (Lipinski definition) is 2. The van der Waals surface area contributed by atoms with Gasteiger partial charge >= 0.3 is 0 Å². The highest BCUT2D eigenvalue weighted by Gasteiger charge is 2.28. The summed E-state index contributed by atoms with van der Waals surface area (Å²) in [5.41, 5.74) is 0.0868. The first-order valence-corrected chi connectivity index (χ1v) is 10.2. The molecule has 2 saturated heterocycles. The highest BCUT2D eigenvalue weighted by Crippen LogP contribution is 2.15. The molecule has 7 nitrogen and oxygen atoms in total. The van der Waals surface area contributed by atoms with Crippen LogP contribution in [0.1, 0.15) is 27.7 Å². The normalized spacial score (nSPS) is 23.0. The van der Waals surface area contributed by atoms with Crippen molar-refractivity contribution >= 4 is 5.96 Å². The van der Waals surface area contributed by atoms with E-state index in [-0.39, 0.29) is 5.54 Å². The van der Waals surface area contributed by atoms with Crippen molar-refractivity contribution in [2.24, 2.45) is 4.99 Å². The van der Waals surface area contributed by atoms with Crippen LogP contribution in [0.5, 0.6) is 0 Å². The summed E-state index contributed by atoms with van der Waals surface area (Å²) in [6.07, 6.45) is 0. The van der Waals surface area contributed by atoms with E-state index < -0.39 is 0 Å². The first-order valence-electron chi connectivity index (χ1n) is 10.2. The molecular weight excluding hydrogens is 328 g/mol. The van der Waals surface area contributed by atoms with Crippen LogP contribution < -0.4 is 10.6 Å². The highest BCUT2D eigenvalue weighted by atomic mass is 16.5. The van der Waals surface area contributed by atoms with Crippen LogP contribution >= 0.6 is 0 Å². The first-order chi connectivity index (χ1) is 12.5. The Morgan fingerprint density at radius 1 is 1.08 bits per heavy atom. The zero-order valence-electron chi connectivity index (χ0n) is 17.6. The summed E-state index contributed by atoms with van der Waals surface area (Å²) in [6.45, 7) is 20.4. The molecule has 2 aliphatic rings. The Kier molecular flexibility index (Phi) is 8.60. The van der Waals surface area contributed by atoms with Gasteiger partial charge in [0.15, 0.2) is 5.96 Å². The lowest BCUT2D eigenvalue weighted by Crippen LogP contribution is -2.57. The van der Waals surface area contributed by atoms with Gasteiger partial charge in [-0.2, -0.15) is 0 Å². The van der Waals surface area contributed by atoms with Gasteiger partial charge in [0.2, 0.25) is 0 Å². The number of guanidine groups is 1. The Morgan fingerprint density at radius 3 is 2.31 bits per heavy atom. The van der Waals surface area contributed by atoms with E-state index in [2.05, 4.69) is 58.0 Å². The van der Waals surface area contributed by atoms with E-state index in [1.54, 1.807) is 0 Å². The van der Waals surface area contributed by atoms with Crippen LogP contribution in [0.3, 0.4) is 0 Å². The third-order valence-corrected chi connectivity index (χ3v) is 5.82. The maximum atomic E-state index is 5.47. The molecule has 0 aromatic rings. The van der Waals surface area contributed by atoms with E-state index in [0.717, 1.165) is 65.0 Å². The Hall–Kier alpha value is -0.890. The fraction of sp³-hybridized carbons (Fsp3) is 0.947. The lowest BCUT2D eigenvalue weighted by Gasteiger charge is -2.41. The minimum absolute atomic E-state index is 0.0868. The van der Waals surface area contributed by atoms with Gasteiger partial charge in [0.05, 0.1) is 13.2 Å². The van der Waals surface area contributed by atoms with Gasteiger partial charge in [-0.05, 0) is 27.3 Å². The van der Waals surface area contributed by atoms with Crippen LogP contribution in [0.4, 0.5) is 0 Å². The number of rotatable bonds is 7. The fourth-order valence-electron chi connectivity index (χ4n) is 3.69. The third kappa shape index (κ3) is 6.37. The Balaban J connectivity index is 1.71. The molecule has 0 radical (unpaired) electrons. The molecule has 0 aromatic heterocycles. The minimum atomic E-state index is 0.0868. The second-order valence-corrected chi connectivity index (χ2v) is 8.04. The molecule has 0 bridgehead atoms. The third-order valence-electron chi connectivity index (χ3n) is 5.82. The monoisotopic (exact) mass is 368 g/mol. The van der Waals surface area contributed by atoms with E-state index in [1.807, 2.05) is 7.05 Å². The van der Waals surface area contributed by atoms with Gasteiger partial charge in [-0.3, -0.25) is 14.8 Å². The average Bonchev–Trinajstić information content (AvgIpc) is 2.68. The summed E-state index contributed by atoms with van der Waals surface area (Å²) in [5.74, 6) is 0.894. The van der Waals surface area contributed by atoms with E-state index >= 15 is 0 Å². The Labute approximate surface area is 160 Å². The summed E-state index contributed by atoms with van der Waals surface area (Å²) in [6, 6.07) is 0.514. The van der Waals surface area contributed by atoms with Crippen LogP contribution in [0, 0.1) is 0 Å². The number of nitrogens with zero attached hydrogens (tertiary/aromatic N) is 4. The van der Waals surface area contributed by atoms with Crippen LogP contribution in [-0.2, 0) is 4.74 Å². The lowest BCUT2D eigenvalue weighted by atomic mass is 10.0. The van der Waals surface area contributed by atoms with Crippen molar-refractivity contribution in [1.29, 1.82) is 0 Å². The summed E-state index contributed by atoms with van der Waals surface area (Å²) < 4.78 is 5.47. The SMILES string of the molecule is CCN1CCN(C(C)CNC(=NC)NCC(C)(C)N2CCOCC2)CC1. The van der Waals surface area contributed by atoms with Crippen molar-refractivity contribution in [3.63, 3.8) is 0 Å². The molecule has 1 unspecified atom stereocenters. The predicted molar refractivity (Wildman–Crippen MR) is 109 cm³/mol. The molecule has 152 valence electrons. The van der Waals surface area contributed by atoms with Crippen molar-refractivity contribution < 1.29 is 4.74 Å². The van der Waals surface area contributed by atoms with Gasteiger partial charge in [0.1, 0.15) is 0 Å². The number of nitrogens with one attached hydrogen (secondary N) is 2. The van der Waals surface area contributed by atoms with E-state index in [1.165, 1.54) is 13.1 Å². The zero-order chi connectivity index (χ0) is 19.0. The van der Waals surface area contributed by atoms with Crippen LogP contribution in [0.2, 0.25) is 0 Å². The molecule has 0 saturated carbocycles. The molecule has 2 fully saturated rings. The largest absolute Gasteiger partial charge is 0.379 e. The highest BCUT2D eigenvalue weighted by molar-refractivity contribution is 5.79. The topological polar surface area (TPSA) is 55.4 Å². The second kappa shape index (κ2) is 10.4. The molecule has 1 atom stereocenters. The summed E-state index contributed by atoms with van der Waals surface area (Å²) >= 11 is 0. The van der Waals surface area contributed by atoms with Gasteiger partial charge in [-0.1, -0.05) is 6.92 Å². The summed E-state index contributed by atoms with van der Waals surface area (Å²) in [5, 5.41) is 7.02. The summed E-state index contributed by atoms with van der Waals surface area (Å²) in [7, 11) is 1.85. The molecule has 2 rings (SSSR count). The molecule has 2 aliphatic heterocycles. The van der Waals surface area contributed by atoms with Crippen molar-refractivity contribution in [2.75, 3.05) is 79.2 Å². The number of aliphatic imine (C=N–C) groups is 1. The van der Waals surface area contributed by atoms with Crippen LogP contribution in [0.25, 0.3) is 0 Å². The molecular formula is C19H40N6O. The maximum Gasteiger partial charge on any atom is 0.191 e. The number of hydrogen-bond acceptors (Lipinski definition) is 5. The van der Waals surface area contributed by atoms with Gasteiger partial charge in [-0.25, -0.2) is 0 Å². The Morgan fingerprint density at radius 2 is 1.73 bits per heavy atom. The molecule has 0 spiro atoms. The summed E-state index contributed by atoms with van der Waals surface area (Å²) in [4.78, 5) is 12.0. The quantitative estimate of drug-likeness (QED) is 0.498. The predicted octanol–water partition coefficient (Wildman–Crippen LogP) is 0.288. The molecule has 2 heterocycles. The molecule has 0 amide bonds. The van der Waals surface area contributed by atoms with Crippen molar-refractivity contribution in [3.05, 3.63) is 0 Å². The second-order valence-electron chi connectivity index (χ2n) is 8.04.